The Morgan fingerprint density at radius 2 is 0.612 bits per heavy atom. The molecular weight excluding hydrogens is 1070 g/mol. The zero-order valence-electron chi connectivity index (χ0n) is 56.9. The lowest BCUT2D eigenvalue weighted by Gasteiger charge is -2.19. The molecule has 504 valence electrons. The number of esters is 2. The second-order valence-electron chi connectivity index (χ2n) is 25.9. The van der Waals surface area contributed by atoms with Crippen molar-refractivity contribution in [1.82, 2.24) is 0 Å². The van der Waals surface area contributed by atoms with Gasteiger partial charge in [-0.2, -0.15) is 0 Å². The molecule has 0 rings (SSSR count). The molecule has 10 heteroatoms. The van der Waals surface area contributed by atoms with Gasteiger partial charge in [0.1, 0.15) is 6.61 Å². The summed E-state index contributed by atoms with van der Waals surface area (Å²) >= 11 is 0. The molecule has 9 nitrogen and oxygen atoms in total. The van der Waals surface area contributed by atoms with Crippen LogP contribution in [0, 0.1) is 0 Å². The number of phosphoric ester groups is 1. The van der Waals surface area contributed by atoms with Gasteiger partial charge in [0.25, 0.3) is 0 Å². The summed E-state index contributed by atoms with van der Waals surface area (Å²) in [6.07, 6.45) is 88.8. The van der Waals surface area contributed by atoms with Crippen molar-refractivity contribution in [1.29, 1.82) is 0 Å². The molecule has 3 N–H and O–H groups in total. The molecule has 0 fully saturated rings. The Morgan fingerprint density at radius 3 is 0.894 bits per heavy atom. The molecule has 0 aromatic heterocycles. The Kier molecular flexibility index (Phi) is 70.3. The van der Waals surface area contributed by atoms with Gasteiger partial charge in [-0.1, -0.05) is 378 Å². The van der Waals surface area contributed by atoms with Crippen LogP contribution >= 0.6 is 7.82 Å². The zero-order chi connectivity index (χ0) is 61.6. The highest BCUT2D eigenvalue weighted by molar-refractivity contribution is 7.47. The van der Waals surface area contributed by atoms with E-state index in [2.05, 4.69) is 38.2 Å². The first-order valence-electron chi connectivity index (χ1n) is 37.8. The number of carbonyl (C=O) groups is 2. The van der Waals surface area contributed by atoms with Gasteiger partial charge in [0, 0.05) is 19.4 Å². The first kappa shape index (κ1) is 83.5. The van der Waals surface area contributed by atoms with E-state index in [-0.39, 0.29) is 38.6 Å². The number of allylic oxidation sites excluding steroid dienone is 4. The van der Waals surface area contributed by atoms with E-state index in [1.165, 1.54) is 340 Å². The van der Waals surface area contributed by atoms with Gasteiger partial charge in [-0.15, -0.1) is 0 Å². The summed E-state index contributed by atoms with van der Waals surface area (Å²) in [5.74, 6) is -0.799. The van der Waals surface area contributed by atoms with Gasteiger partial charge in [-0.05, 0) is 44.9 Å². The Bertz CT molecular complexity index is 1440. The molecule has 0 radical (unpaired) electrons. The van der Waals surface area contributed by atoms with E-state index in [4.69, 9.17) is 24.3 Å². The average Bonchev–Trinajstić information content (AvgIpc) is 3.53. The first-order valence-corrected chi connectivity index (χ1v) is 39.3. The molecule has 2 unspecified atom stereocenters. The van der Waals surface area contributed by atoms with Gasteiger partial charge in [0.15, 0.2) is 6.10 Å². The minimum absolute atomic E-state index is 0.0577. The lowest BCUT2D eigenvalue weighted by molar-refractivity contribution is -0.161. The summed E-state index contributed by atoms with van der Waals surface area (Å²) in [4.78, 5) is 35.4. The van der Waals surface area contributed by atoms with Gasteiger partial charge in [0.2, 0.25) is 0 Å². The summed E-state index contributed by atoms with van der Waals surface area (Å²) < 4.78 is 33.2. The summed E-state index contributed by atoms with van der Waals surface area (Å²) in [7, 11) is -4.39. The van der Waals surface area contributed by atoms with Crippen molar-refractivity contribution in [3.05, 3.63) is 24.3 Å². The molecule has 0 heterocycles. The van der Waals surface area contributed by atoms with Crippen LogP contribution in [0.5, 0.6) is 0 Å². The Hall–Kier alpha value is -1.51. The molecular formula is C75H146NO8P. The molecule has 0 saturated heterocycles. The molecule has 0 amide bonds. The van der Waals surface area contributed by atoms with Crippen LogP contribution < -0.4 is 5.73 Å². The summed E-state index contributed by atoms with van der Waals surface area (Å²) in [5, 5.41) is 0. The normalized spacial score (nSPS) is 12.9. The van der Waals surface area contributed by atoms with E-state index in [0.29, 0.717) is 6.42 Å². The van der Waals surface area contributed by atoms with Crippen LogP contribution in [-0.2, 0) is 32.7 Å². The van der Waals surface area contributed by atoms with E-state index in [1.807, 2.05) is 0 Å². The van der Waals surface area contributed by atoms with Crippen LogP contribution in [0.1, 0.15) is 412 Å². The smallest absolute Gasteiger partial charge is 0.462 e. The van der Waals surface area contributed by atoms with Gasteiger partial charge in [0.05, 0.1) is 13.2 Å². The third-order valence-electron chi connectivity index (χ3n) is 17.3. The van der Waals surface area contributed by atoms with E-state index in [9.17, 15) is 19.0 Å². The van der Waals surface area contributed by atoms with Gasteiger partial charge >= 0.3 is 19.8 Å². The fourth-order valence-electron chi connectivity index (χ4n) is 11.7. The van der Waals surface area contributed by atoms with E-state index in [1.54, 1.807) is 0 Å². The topological polar surface area (TPSA) is 134 Å². The fraction of sp³-hybridized carbons (Fsp3) is 0.920. The minimum Gasteiger partial charge on any atom is -0.462 e. The minimum atomic E-state index is -4.39. The van der Waals surface area contributed by atoms with E-state index in [0.717, 1.165) is 38.5 Å². The largest absolute Gasteiger partial charge is 0.472 e. The highest BCUT2D eigenvalue weighted by atomic mass is 31.2. The van der Waals surface area contributed by atoms with Crippen molar-refractivity contribution in [2.75, 3.05) is 26.4 Å². The van der Waals surface area contributed by atoms with Crippen molar-refractivity contribution < 1.29 is 37.6 Å². The number of phosphoric acid groups is 1. The van der Waals surface area contributed by atoms with Gasteiger partial charge < -0.3 is 20.1 Å². The van der Waals surface area contributed by atoms with Gasteiger partial charge in [-0.3, -0.25) is 18.6 Å². The maximum absolute atomic E-state index is 12.8. The Morgan fingerprint density at radius 1 is 0.353 bits per heavy atom. The predicted molar refractivity (Wildman–Crippen MR) is 368 cm³/mol. The predicted octanol–water partition coefficient (Wildman–Crippen LogP) is 24.9. The molecule has 0 aliphatic carbocycles. The van der Waals surface area contributed by atoms with E-state index < -0.39 is 26.5 Å². The van der Waals surface area contributed by atoms with Crippen LogP contribution in [0.15, 0.2) is 24.3 Å². The number of carbonyl (C=O) groups excluding carboxylic acids is 2. The summed E-state index contributed by atoms with van der Waals surface area (Å²) in [6, 6.07) is 0. The number of rotatable bonds is 73. The number of hydrogen-bond donors (Lipinski definition) is 2. The van der Waals surface area contributed by atoms with Crippen LogP contribution in [0.25, 0.3) is 0 Å². The third-order valence-corrected chi connectivity index (χ3v) is 18.3. The van der Waals surface area contributed by atoms with Crippen molar-refractivity contribution in [3.8, 4) is 0 Å². The lowest BCUT2D eigenvalue weighted by Crippen LogP contribution is -2.29. The Labute approximate surface area is 529 Å². The van der Waals surface area contributed by atoms with Crippen molar-refractivity contribution in [2.45, 2.75) is 418 Å². The standard InChI is InChI=1S/C75H146NO8P/c1-3-5-7-9-11-13-15-17-19-21-23-25-27-29-30-31-32-33-34-35-36-37-38-39-40-41-42-44-46-48-50-52-54-56-58-60-62-64-66-68-75(78)84-73(72-83-85(79,80)82-70-69-76)71-81-74(77)67-65-63-61-59-57-55-53-51-49-47-45-43-28-26-24-22-20-18-16-14-12-10-8-6-4-2/h15,17,21,23,73H,3-14,16,18-20,22,24-72,76H2,1-2H3,(H,79,80)/b17-15-,23-21-. The zero-order valence-corrected chi connectivity index (χ0v) is 57.8. The van der Waals surface area contributed by atoms with Crippen LogP contribution in [0.2, 0.25) is 0 Å². The van der Waals surface area contributed by atoms with E-state index >= 15 is 0 Å². The molecule has 0 aromatic carbocycles. The number of nitrogens with two attached hydrogens (primary N) is 1. The highest BCUT2D eigenvalue weighted by Gasteiger charge is 2.26. The number of ether oxygens (including phenoxy) is 2. The number of hydrogen-bond acceptors (Lipinski definition) is 8. The second-order valence-corrected chi connectivity index (χ2v) is 27.3. The molecule has 0 spiro atoms. The molecule has 85 heavy (non-hydrogen) atoms. The first-order chi connectivity index (χ1) is 41.8. The molecule has 2 atom stereocenters. The molecule has 0 aliphatic heterocycles. The molecule has 0 bridgehead atoms. The molecule has 0 saturated carbocycles. The summed E-state index contributed by atoms with van der Waals surface area (Å²) in [5.41, 5.74) is 5.41. The van der Waals surface area contributed by atoms with Crippen molar-refractivity contribution in [3.63, 3.8) is 0 Å². The van der Waals surface area contributed by atoms with Crippen LogP contribution in [0.3, 0.4) is 0 Å². The maximum atomic E-state index is 12.8. The summed E-state index contributed by atoms with van der Waals surface area (Å²) in [6.45, 7) is 3.83. The quantitative estimate of drug-likeness (QED) is 0.0264. The SMILES string of the molecule is CCCCCCC/C=C\C/C=C\CCCCCCCCCCCCCCCCCCCCCCCCCCCCCC(=O)OC(COC(=O)CCCCCCCCCCCCCCCCCCCCCCCCCCC)COP(=O)(O)OCCN. The van der Waals surface area contributed by atoms with Crippen molar-refractivity contribution in [2.24, 2.45) is 5.73 Å². The van der Waals surface area contributed by atoms with Crippen LogP contribution in [-0.4, -0.2) is 49.3 Å². The second kappa shape index (κ2) is 71.6. The van der Waals surface area contributed by atoms with Gasteiger partial charge in [-0.25, -0.2) is 4.57 Å². The molecule has 0 aromatic rings. The van der Waals surface area contributed by atoms with Crippen LogP contribution in [0.4, 0.5) is 0 Å². The van der Waals surface area contributed by atoms with Crippen molar-refractivity contribution >= 4 is 19.8 Å². The molecule has 0 aliphatic rings. The number of unbranched alkanes of at least 4 members (excludes halogenated alkanes) is 56. The fourth-order valence-corrected chi connectivity index (χ4v) is 12.5. The highest BCUT2D eigenvalue weighted by Crippen LogP contribution is 2.43. The monoisotopic (exact) mass is 1220 g/mol. The maximum Gasteiger partial charge on any atom is 0.472 e. The lowest BCUT2D eigenvalue weighted by atomic mass is 10.0. The average molecular weight is 1220 g/mol. The third kappa shape index (κ3) is 71.4. The Balaban J connectivity index is 3.74.